The van der Waals surface area contributed by atoms with E-state index in [0.29, 0.717) is 31.4 Å². The highest BCUT2D eigenvalue weighted by Crippen LogP contribution is 2.25. The maximum atomic E-state index is 12.9. The van der Waals surface area contributed by atoms with Gasteiger partial charge in [0, 0.05) is 6.42 Å². The summed E-state index contributed by atoms with van der Waals surface area (Å²) in [4.78, 5) is 49.1. The van der Waals surface area contributed by atoms with Crippen molar-refractivity contribution >= 4 is 35.3 Å². The molecule has 1 aromatic carbocycles. The molecule has 0 aromatic heterocycles. The third-order valence-corrected chi connectivity index (χ3v) is 4.38. The maximum Gasteiger partial charge on any atom is 0.408 e. The van der Waals surface area contributed by atoms with Gasteiger partial charge in [0.1, 0.15) is 11.6 Å². The summed E-state index contributed by atoms with van der Waals surface area (Å²) in [5.74, 6) is -1.21. The molecule has 0 aliphatic carbocycles. The molecule has 9 heteroatoms. The molecular formula is C21H29N3O6. The predicted octanol–water partition coefficient (Wildman–Crippen LogP) is 3.21. The van der Waals surface area contributed by atoms with Crippen LogP contribution >= 0.6 is 0 Å². The molecule has 0 fully saturated rings. The minimum absolute atomic E-state index is 0.212. The fourth-order valence-electron chi connectivity index (χ4n) is 2.96. The molecule has 1 unspecified atom stereocenters. The first-order valence-corrected chi connectivity index (χ1v) is 9.91. The van der Waals surface area contributed by atoms with E-state index in [9.17, 15) is 19.2 Å². The quantitative estimate of drug-likeness (QED) is 0.633. The van der Waals surface area contributed by atoms with Crippen LogP contribution in [0.15, 0.2) is 18.2 Å². The van der Waals surface area contributed by atoms with Crippen molar-refractivity contribution in [2.45, 2.75) is 64.5 Å². The molecule has 0 bridgehead atoms. The Balaban J connectivity index is 2.27. The fourth-order valence-corrected chi connectivity index (χ4v) is 2.96. The second kappa shape index (κ2) is 10.1. The molecule has 0 saturated heterocycles. The van der Waals surface area contributed by atoms with E-state index < -0.39 is 29.6 Å². The van der Waals surface area contributed by atoms with Crippen LogP contribution in [-0.4, -0.2) is 42.6 Å². The van der Waals surface area contributed by atoms with Gasteiger partial charge in [-0.1, -0.05) is 12.8 Å². The smallest absolute Gasteiger partial charge is 0.408 e. The highest BCUT2D eigenvalue weighted by molar-refractivity contribution is 6.03. The summed E-state index contributed by atoms with van der Waals surface area (Å²) in [5, 5.41) is 8.08. The Labute approximate surface area is 175 Å². The number of ether oxygens (including phenoxy) is 2. The van der Waals surface area contributed by atoms with Gasteiger partial charge in [-0.2, -0.15) is 0 Å². The van der Waals surface area contributed by atoms with E-state index in [0.717, 1.165) is 6.42 Å². The lowest BCUT2D eigenvalue weighted by Crippen LogP contribution is -2.45. The number of amides is 3. The van der Waals surface area contributed by atoms with Crippen LogP contribution in [0.2, 0.25) is 0 Å². The number of carbonyl (C=O) groups excluding carboxylic acids is 4. The molecule has 164 valence electrons. The van der Waals surface area contributed by atoms with Crippen molar-refractivity contribution in [3.8, 4) is 0 Å². The summed E-state index contributed by atoms with van der Waals surface area (Å²) in [6, 6.07) is 3.64. The molecule has 3 amide bonds. The third-order valence-electron chi connectivity index (χ3n) is 4.38. The average Bonchev–Trinajstić information content (AvgIpc) is 2.65. The number of hydrogen-bond donors (Lipinski definition) is 3. The van der Waals surface area contributed by atoms with Gasteiger partial charge in [0.15, 0.2) is 0 Å². The van der Waals surface area contributed by atoms with Crippen LogP contribution in [0.3, 0.4) is 0 Å². The van der Waals surface area contributed by atoms with Gasteiger partial charge >= 0.3 is 12.1 Å². The zero-order valence-electron chi connectivity index (χ0n) is 17.8. The molecule has 0 spiro atoms. The molecule has 0 saturated carbocycles. The van der Waals surface area contributed by atoms with E-state index in [1.807, 2.05) is 0 Å². The number of benzene rings is 1. The van der Waals surface area contributed by atoms with Gasteiger partial charge in [0.05, 0.1) is 24.0 Å². The summed E-state index contributed by atoms with van der Waals surface area (Å²) in [6.07, 6.45) is 2.06. The number of anilines is 2. The summed E-state index contributed by atoms with van der Waals surface area (Å²) in [5.41, 5.74) is 0.152. The van der Waals surface area contributed by atoms with Gasteiger partial charge in [-0.3, -0.25) is 9.59 Å². The van der Waals surface area contributed by atoms with Gasteiger partial charge in [-0.25, -0.2) is 9.59 Å². The molecule has 1 atom stereocenters. The van der Waals surface area contributed by atoms with E-state index >= 15 is 0 Å². The van der Waals surface area contributed by atoms with Crippen molar-refractivity contribution in [2.24, 2.45) is 0 Å². The van der Waals surface area contributed by atoms with Crippen molar-refractivity contribution in [2.75, 3.05) is 17.7 Å². The van der Waals surface area contributed by atoms with Gasteiger partial charge in [-0.05, 0) is 51.8 Å². The molecule has 0 radical (unpaired) electrons. The first kappa shape index (κ1) is 23.2. The molecule has 1 aliphatic rings. The van der Waals surface area contributed by atoms with Crippen molar-refractivity contribution in [3.63, 3.8) is 0 Å². The lowest BCUT2D eigenvalue weighted by atomic mass is 10.0. The molecule has 3 N–H and O–H groups in total. The third kappa shape index (κ3) is 7.06. The largest absolute Gasteiger partial charge is 0.465 e. The Morgan fingerprint density at radius 3 is 2.47 bits per heavy atom. The Hall–Kier alpha value is -3.10. The van der Waals surface area contributed by atoms with Crippen molar-refractivity contribution in [1.82, 2.24) is 5.32 Å². The van der Waals surface area contributed by atoms with E-state index in [-0.39, 0.29) is 17.2 Å². The minimum atomic E-state index is -0.803. The first-order valence-electron chi connectivity index (χ1n) is 9.91. The van der Waals surface area contributed by atoms with Gasteiger partial charge in [0.2, 0.25) is 11.8 Å². The second-order valence-electron chi connectivity index (χ2n) is 8.09. The second-order valence-corrected chi connectivity index (χ2v) is 8.09. The Morgan fingerprint density at radius 1 is 1.07 bits per heavy atom. The Kier molecular flexibility index (Phi) is 7.79. The number of carbonyl (C=O) groups is 4. The zero-order chi connectivity index (χ0) is 22.3. The maximum absolute atomic E-state index is 12.9. The number of hydrogen-bond acceptors (Lipinski definition) is 6. The number of rotatable bonds is 2. The lowest BCUT2D eigenvalue weighted by molar-refractivity contribution is -0.118. The standard InChI is InChI=1S/C21H29N3O6/c1-21(2,3)30-20(28)24-15-8-6-5-7-9-17(25)22-16-12-13(19(27)29-4)10-11-14(16)23-18(15)26/h10-12,15H,5-9H2,1-4H3,(H,22,25)(H,23,26)(H,24,28). The highest BCUT2D eigenvalue weighted by Gasteiger charge is 2.25. The van der Waals surface area contributed by atoms with Crippen molar-refractivity contribution in [3.05, 3.63) is 23.8 Å². The number of fused-ring (bicyclic) bond motifs is 1. The summed E-state index contributed by atoms with van der Waals surface area (Å²) in [6.45, 7) is 5.22. The van der Waals surface area contributed by atoms with Crippen LogP contribution in [0.4, 0.5) is 16.2 Å². The number of esters is 1. The van der Waals surface area contributed by atoms with Crippen LogP contribution in [0.25, 0.3) is 0 Å². The van der Waals surface area contributed by atoms with Crippen molar-refractivity contribution < 1.29 is 28.7 Å². The molecule has 1 aromatic rings. The fraction of sp³-hybridized carbons (Fsp3) is 0.524. The molecule has 1 heterocycles. The van der Waals surface area contributed by atoms with Crippen molar-refractivity contribution in [1.29, 1.82) is 0 Å². The minimum Gasteiger partial charge on any atom is -0.465 e. The monoisotopic (exact) mass is 419 g/mol. The van der Waals surface area contributed by atoms with Crippen LogP contribution in [0.1, 0.15) is 63.2 Å². The SMILES string of the molecule is COC(=O)c1ccc2c(c1)NC(=O)CCCCCC(NC(=O)OC(C)(C)C)C(=O)N2. The van der Waals surface area contributed by atoms with E-state index in [1.165, 1.54) is 25.3 Å². The average molecular weight is 419 g/mol. The number of methoxy groups -OCH3 is 1. The van der Waals surface area contributed by atoms with Gasteiger partial charge < -0.3 is 25.4 Å². The molecular weight excluding hydrogens is 390 g/mol. The Bertz CT molecular complexity index is 815. The summed E-state index contributed by atoms with van der Waals surface area (Å²) in [7, 11) is 1.26. The zero-order valence-corrected chi connectivity index (χ0v) is 17.8. The predicted molar refractivity (Wildman–Crippen MR) is 111 cm³/mol. The van der Waals surface area contributed by atoms with Crippen LogP contribution in [-0.2, 0) is 19.1 Å². The first-order chi connectivity index (χ1) is 14.1. The van der Waals surface area contributed by atoms with Crippen LogP contribution in [0, 0.1) is 0 Å². The van der Waals surface area contributed by atoms with Gasteiger partial charge in [-0.15, -0.1) is 0 Å². The van der Waals surface area contributed by atoms with E-state index in [4.69, 9.17) is 9.47 Å². The normalized spacial score (nSPS) is 17.9. The molecule has 9 nitrogen and oxygen atoms in total. The molecule has 30 heavy (non-hydrogen) atoms. The van der Waals surface area contributed by atoms with Crippen LogP contribution < -0.4 is 16.0 Å². The topological polar surface area (TPSA) is 123 Å². The molecule has 1 aliphatic heterocycles. The molecule has 2 rings (SSSR count). The number of alkyl carbamates (subject to hydrolysis) is 1. The van der Waals surface area contributed by atoms with Crippen LogP contribution in [0.5, 0.6) is 0 Å². The van der Waals surface area contributed by atoms with E-state index in [2.05, 4.69) is 16.0 Å². The van der Waals surface area contributed by atoms with Gasteiger partial charge in [0.25, 0.3) is 0 Å². The Morgan fingerprint density at radius 2 is 1.80 bits per heavy atom. The highest BCUT2D eigenvalue weighted by atomic mass is 16.6. The lowest BCUT2D eigenvalue weighted by Gasteiger charge is -2.24. The number of nitrogens with one attached hydrogen (secondary N) is 3. The summed E-state index contributed by atoms with van der Waals surface area (Å²) < 4.78 is 9.97. The van der Waals surface area contributed by atoms with E-state index in [1.54, 1.807) is 20.8 Å². The summed E-state index contributed by atoms with van der Waals surface area (Å²) >= 11 is 0.